The van der Waals surface area contributed by atoms with Gasteiger partial charge in [0.15, 0.2) is 0 Å². The zero-order valence-corrected chi connectivity index (χ0v) is 12.1. The molecule has 0 unspecified atom stereocenters. The molecular formula is C14H13ClFNOS. The van der Waals surface area contributed by atoms with Crippen LogP contribution in [0, 0.1) is 12.7 Å². The molecule has 2 rings (SSSR count). The lowest BCUT2D eigenvalue weighted by Gasteiger charge is -2.13. The number of aryl methyl sites for hydroxylation is 1. The van der Waals surface area contributed by atoms with Crippen molar-refractivity contribution in [1.82, 2.24) is 4.98 Å². The van der Waals surface area contributed by atoms with Crippen molar-refractivity contribution in [3.8, 4) is 0 Å². The fourth-order valence-electron chi connectivity index (χ4n) is 1.62. The predicted octanol–water partition coefficient (Wildman–Crippen LogP) is 4.39. The first-order chi connectivity index (χ1) is 8.97. The first-order valence-corrected chi connectivity index (χ1v) is 6.94. The molecule has 1 heterocycles. The predicted molar refractivity (Wildman–Crippen MR) is 75.1 cm³/mol. The van der Waals surface area contributed by atoms with Gasteiger partial charge in [-0.05, 0) is 49.2 Å². The Hall–Kier alpha value is -1.10. The third kappa shape index (κ3) is 3.47. The normalized spacial score (nSPS) is 12.5. The van der Waals surface area contributed by atoms with Crippen molar-refractivity contribution >= 4 is 23.4 Å². The molecule has 1 N–H and O–H groups in total. The maximum absolute atomic E-state index is 13.6. The van der Waals surface area contributed by atoms with Crippen LogP contribution in [0.15, 0.2) is 40.4 Å². The monoisotopic (exact) mass is 297 g/mol. The molecule has 2 aromatic rings. The summed E-state index contributed by atoms with van der Waals surface area (Å²) < 4.78 is 13.6. The second-order valence-electron chi connectivity index (χ2n) is 4.23. The molecule has 0 radical (unpaired) electrons. The summed E-state index contributed by atoms with van der Waals surface area (Å²) in [4.78, 5) is 4.98. The summed E-state index contributed by atoms with van der Waals surface area (Å²) in [5.74, 6) is -0.315. The molecule has 0 fully saturated rings. The zero-order valence-electron chi connectivity index (χ0n) is 10.5. The summed E-state index contributed by atoms with van der Waals surface area (Å²) in [7, 11) is 0. The molecule has 1 aromatic carbocycles. The molecule has 1 aromatic heterocycles. The summed E-state index contributed by atoms with van der Waals surface area (Å²) in [5.41, 5.74) is 1.10. The van der Waals surface area contributed by atoms with Crippen molar-refractivity contribution in [3.63, 3.8) is 0 Å². The standard InChI is InChI=1S/C14H13ClFNOS/c1-8-5-13(11(9(2)18)6-12(8)16)19-14-4-3-10(15)7-17-14/h3-7,9,18H,1-2H3/t9-/m1/s1. The van der Waals surface area contributed by atoms with Crippen LogP contribution in [0.25, 0.3) is 0 Å². The Balaban J connectivity index is 2.38. The number of halogens is 2. The average molecular weight is 298 g/mol. The van der Waals surface area contributed by atoms with Gasteiger partial charge in [-0.25, -0.2) is 9.37 Å². The summed E-state index contributed by atoms with van der Waals surface area (Å²) in [6.45, 7) is 3.31. The molecular weight excluding hydrogens is 285 g/mol. The van der Waals surface area contributed by atoms with Crippen molar-refractivity contribution in [2.45, 2.75) is 29.9 Å². The van der Waals surface area contributed by atoms with E-state index in [4.69, 9.17) is 11.6 Å². The molecule has 2 nitrogen and oxygen atoms in total. The lowest BCUT2D eigenvalue weighted by molar-refractivity contribution is 0.196. The third-order valence-corrected chi connectivity index (χ3v) is 3.90. The molecule has 0 aliphatic carbocycles. The second-order valence-corrected chi connectivity index (χ2v) is 5.73. The van der Waals surface area contributed by atoms with Gasteiger partial charge in [-0.2, -0.15) is 0 Å². The van der Waals surface area contributed by atoms with Gasteiger partial charge in [-0.15, -0.1) is 0 Å². The van der Waals surface area contributed by atoms with Gasteiger partial charge < -0.3 is 5.11 Å². The highest BCUT2D eigenvalue weighted by molar-refractivity contribution is 7.99. The van der Waals surface area contributed by atoms with E-state index in [1.54, 1.807) is 38.2 Å². The number of aliphatic hydroxyl groups is 1. The van der Waals surface area contributed by atoms with Crippen molar-refractivity contribution in [3.05, 3.63) is 52.4 Å². The van der Waals surface area contributed by atoms with Crippen molar-refractivity contribution in [2.75, 3.05) is 0 Å². The van der Waals surface area contributed by atoms with E-state index in [0.717, 1.165) is 9.92 Å². The fourth-order valence-corrected chi connectivity index (χ4v) is 2.78. The van der Waals surface area contributed by atoms with Crippen LogP contribution in [0.5, 0.6) is 0 Å². The summed E-state index contributed by atoms with van der Waals surface area (Å²) in [6.07, 6.45) is 0.826. The van der Waals surface area contributed by atoms with Crippen LogP contribution in [-0.4, -0.2) is 10.1 Å². The van der Waals surface area contributed by atoms with Crippen LogP contribution in [0.3, 0.4) is 0 Å². The minimum absolute atomic E-state index is 0.315. The number of hydrogen-bond acceptors (Lipinski definition) is 3. The van der Waals surface area contributed by atoms with E-state index in [1.165, 1.54) is 17.8 Å². The molecule has 0 aliphatic heterocycles. The van der Waals surface area contributed by atoms with Gasteiger partial charge in [-0.1, -0.05) is 23.4 Å². The molecule has 100 valence electrons. The number of benzene rings is 1. The Kier molecular flexibility index (Phi) is 4.45. The molecule has 0 saturated heterocycles. The highest BCUT2D eigenvalue weighted by Gasteiger charge is 2.13. The van der Waals surface area contributed by atoms with E-state index in [2.05, 4.69) is 4.98 Å². The maximum atomic E-state index is 13.6. The Morgan fingerprint density at radius 3 is 2.68 bits per heavy atom. The summed E-state index contributed by atoms with van der Waals surface area (Å²) in [5, 5.41) is 11.0. The van der Waals surface area contributed by atoms with Crippen LogP contribution in [0.2, 0.25) is 5.02 Å². The van der Waals surface area contributed by atoms with Crippen molar-refractivity contribution in [1.29, 1.82) is 0 Å². The molecule has 0 bridgehead atoms. The Morgan fingerprint density at radius 2 is 2.11 bits per heavy atom. The lowest BCUT2D eigenvalue weighted by atomic mass is 10.1. The van der Waals surface area contributed by atoms with Crippen LogP contribution < -0.4 is 0 Å². The largest absolute Gasteiger partial charge is 0.389 e. The molecule has 1 atom stereocenters. The van der Waals surface area contributed by atoms with Crippen LogP contribution in [-0.2, 0) is 0 Å². The van der Waals surface area contributed by atoms with Crippen LogP contribution in [0.1, 0.15) is 24.2 Å². The number of pyridine rings is 1. The fraction of sp³-hybridized carbons (Fsp3) is 0.214. The summed E-state index contributed by atoms with van der Waals surface area (Å²) >= 11 is 7.16. The van der Waals surface area contributed by atoms with E-state index in [0.29, 0.717) is 16.1 Å². The Labute approximate surface area is 120 Å². The van der Waals surface area contributed by atoms with Gasteiger partial charge >= 0.3 is 0 Å². The van der Waals surface area contributed by atoms with Gasteiger partial charge in [0.25, 0.3) is 0 Å². The molecule has 5 heteroatoms. The van der Waals surface area contributed by atoms with E-state index in [-0.39, 0.29) is 5.82 Å². The molecule has 0 saturated carbocycles. The number of aromatic nitrogens is 1. The highest BCUT2D eigenvalue weighted by Crippen LogP contribution is 2.34. The van der Waals surface area contributed by atoms with Crippen LogP contribution in [0.4, 0.5) is 4.39 Å². The van der Waals surface area contributed by atoms with E-state index in [1.807, 2.05) is 0 Å². The summed E-state index contributed by atoms with van der Waals surface area (Å²) in [6, 6.07) is 6.63. The van der Waals surface area contributed by atoms with Gasteiger partial charge in [-0.3, -0.25) is 0 Å². The topological polar surface area (TPSA) is 33.1 Å². The van der Waals surface area contributed by atoms with E-state index >= 15 is 0 Å². The van der Waals surface area contributed by atoms with Crippen molar-refractivity contribution in [2.24, 2.45) is 0 Å². The molecule has 0 spiro atoms. The molecule has 0 aliphatic rings. The first kappa shape index (κ1) is 14.3. The van der Waals surface area contributed by atoms with E-state index < -0.39 is 6.10 Å². The average Bonchev–Trinajstić information content (AvgIpc) is 2.36. The van der Waals surface area contributed by atoms with Gasteiger partial charge in [0, 0.05) is 11.1 Å². The van der Waals surface area contributed by atoms with Crippen molar-refractivity contribution < 1.29 is 9.50 Å². The minimum atomic E-state index is -0.732. The van der Waals surface area contributed by atoms with Crippen LogP contribution >= 0.6 is 23.4 Å². The number of rotatable bonds is 3. The van der Waals surface area contributed by atoms with Gasteiger partial charge in [0.1, 0.15) is 10.8 Å². The maximum Gasteiger partial charge on any atom is 0.126 e. The molecule has 0 amide bonds. The van der Waals surface area contributed by atoms with Gasteiger partial charge in [0.05, 0.1) is 11.1 Å². The quantitative estimate of drug-likeness (QED) is 0.912. The smallest absolute Gasteiger partial charge is 0.126 e. The first-order valence-electron chi connectivity index (χ1n) is 5.75. The van der Waals surface area contributed by atoms with Gasteiger partial charge in [0.2, 0.25) is 0 Å². The minimum Gasteiger partial charge on any atom is -0.389 e. The second kappa shape index (κ2) is 5.90. The Bertz CT molecular complexity index is 587. The SMILES string of the molecule is Cc1cc(Sc2ccc(Cl)cn2)c([C@@H](C)O)cc1F. The number of aliphatic hydroxyl groups excluding tert-OH is 1. The highest BCUT2D eigenvalue weighted by atomic mass is 35.5. The third-order valence-electron chi connectivity index (χ3n) is 2.66. The number of hydrogen-bond donors (Lipinski definition) is 1. The Morgan fingerprint density at radius 1 is 1.37 bits per heavy atom. The molecule has 19 heavy (non-hydrogen) atoms. The number of nitrogens with zero attached hydrogens (tertiary/aromatic N) is 1. The zero-order chi connectivity index (χ0) is 14.0. The van der Waals surface area contributed by atoms with E-state index in [9.17, 15) is 9.50 Å². The lowest BCUT2D eigenvalue weighted by Crippen LogP contribution is -1.97.